The SMILES string of the molecule is COC(=O)c1ccc(C(=O)OC)c(NC(=O)C2(C)Cc3ccccc3C(=O)O2)c1. The molecule has 1 aliphatic rings. The molecular weight excluding hydrogens is 378 g/mol. The Morgan fingerprint density at radius 2 is 1.72 bits per heavy atom. The Bertz CT molecular complexity index is 1010. The van der Waals surface area contributed by atoms with Crippen molar-refractivity contribution >= 4 is 29.5 Å². The Balaban J connectivity index is 1.94. The lowest BCUT2D eigenvalue weighted by Crippen LogP contribution is -2.49. The molecule has 3 rings (SSSR count). The molecule has 8 nitrogen and oxygen atoms in total. The second-order valence-electron chi connectivity index (χ2n) is 6.65. The minimum absolute atomic E-state index is 0.0413. The van der Waals surface area contributed by atoms with Crippen LogP contribution < -0.4 is 5.32 Å². The molecule has 1 aliphatic heterocycles. The minimum Gasteiger partial charge on any atom is -0.465 e. The number of benzene rings is 2. The number of carbonyl (C=O) groups is 4. The van der Waals surface area contributed by atoms with Gasteiger partial charge >= 0.3 is 17.9 Å². The van der Waals surface area contributed by atoms with E-state index in [1.54, 1.807) is 24.3 Å². The van der Waals surface area contributed by atoms with Gasteiger partial charge in [-0.15, -0.1) is 0 Å². The number of rotatable bonds is 4. The summed E-state index contributed by atoms with van der Waals surface area (Å²) in [5.41, 5.74) is -0.203. The first-order valence-electron chi connectivity index (χ1n) is 8.72. The fraction of sp³-hybridized carbons (Fsp3) is 0.238. The molecule has 0 bridgehead atoms. The molecule has 1 N–H and O–H groups in total. The third kappa shape index (κ3) is 3.82. The molecule has 0 spiro atoms. The van der Waals surface area contributed by atoms with Crippen molar-refractivity contribution in [2.75, 3.05) is 19.5 Å². The van der Waals surface area contributed by atoms with E-state index in [1.165, 1.54) is 39.3 Å². The fourth-order valence-corrected chi connectivity index (χ4v) is 3.09. The standard InChI is InChI=1S/C21H19NO7/c1-21(11-13-6-4-5-7-14(13)19(25)29-21)20(26)22-16-10-12(17(23)27-2)8-9-15(16)18(24)28-3/h4-10H,11H2,1-3H3,(H,22,26). The van der Waals surface area contributed by atoms with E-state index in [9.17, 15) is 19.2 Å². The average molecular weight is 397 g/mol. The lowest BCUT2D eigenvalue weighted by molar-refractivity contribution is -0.134. The molecule has 0 saturated heterocycles. The Morgan fingerprint density at radius 3 is 2.41 bits per heavy atom. The minimum atomic E-state index is -1.50. The van der Waals surface area contributed by atoms with Crippen molar-refractivity contribution in [1.29, 1.82) is 0 Å². The second kappa shape index (κ2) is 7.75. The van der Waals surface area contributed by atoms with Crippen LogP contribution in [0.25, 0.3) is 0 Å². The van der Waals surface area contributed by atoms with Gasteiger partial charge in [-0.25, -0.2) is 14.4 Å². The number of amides is 1. The molecule has 0 radical (unpaired) electrons. The Morgan fingerprint density at radius 1 is 1.03 bits per heavy atom. The summed E-state index contributed by atoms with van der Waals surface area (Å²) in [6.45, 7) is 1.48. The first-order valence-corrected chi connectivity index (χ1v) is 8.72. The van der Waals surface area contributed by atoms with Gasteiger partial charge in [0, 0.05) is 6.42 Å². The number of ether oxygens (including phenoxy) is 3. The Labute approximate surface area is 166 Å². The van der Waals surface area contributed by atoms with E-state index in [0.29, 0.717) is 11.1 Å². The van der Waals surface area contributed by atoms with E-state index in [1.807, 2.05) is 0 Å². The number of hydrogen-bond donors (Lipinski definition) is 1. The molecular formula is C21H19NO7. The number of esters is 3. The summed E-state index contributed by atoms with van der Waals surface area (Å²) in [4.78, 5) is 49.2. The van der Waals surface area contributed by atoms with Crippen molar-refractivity contribution in [3.05, 3.63) is 64.7 Å². The summed E-state index contributed by atoms with van der Waals surface area (Å²) in [6.07, 6.45) is 0.158. The molecule has 0 saturated carbocycles. The number of methoxy groups -OCH3 is 2. The molecule has 0 aliphatic carbocycles. The third-order valence-electron chi connectivity index (χ3n) is 4.66. The second-order valence-corrected chi connectivity index (χ2v) is 6.65. The zero-order chi connectivity index (χ0) is 21.2. The smallest absolute Gasteiger partial charge is 0.339 e. The van der Waals surface area contributed by atoms with Gasteiger partial charge in [0.25, 0.3) is 5.91 Å². The molecule has 0 aromatic heterocycles. The zero-order valence-electron chi connectivity index (χ0n) is 16.1. The van der Waals surface area contributed by atoms with Crippen molar-refractivity contribution in [2.45, 2.75) is 18.9 Å². The van der Waals surface area contributed by atoms with E-state index in [-0.39, 0.29) is 23.2 Å². The molecule has 29 heavy (non-hydrogen) atoms. The van der Waals surface area contributed by atoms with Crippen LogP contribution in [0.1, 0.15) is 43.6 Å². The van der Waals surface area contributed by atoms with Gasteiger partial charge in [-0.1, -0.05) is 18.2 Å². The van der Waals surface area contributed by atoms with Crippen molar-refractivity contribution in [2.24, 2.45) is 0 Å². The number of hydrogen-bond acceptors (Lipinski definition) is 7. The van der Waals surface area contributed by atoms with E-state index < -0.39 is 29.4 Å². The van der Waals surface area contributed by atoms with Crippen LogP contribution in [0, 0.1) is 0 Å². The maximum absolute atomic E-state index is 13.0. The van der Waals surface area contributed by atoms with Gasteiger partial charge in [0.05, 0.1) is 36.6 Å². The van der Waals surface area contributed by atoms with Gasteiger partial charge < -0.3 is 19.5 Å². The molecule has 1 unspecified atom stereocenters. The number of anilines is 1. The van der Waals surface area contributed by atoms with Gasteiger partial charge in [-0.2, -0.15) is 0 Å². The molecule has 2 aromatic carbocycles. The highest BCUT2D eigenvalue weighted by Gasteiger charge is 2.43. The summed E-state index contributed by atoms with van der Waals surface area (Å²) >= 11 is 0. The lowest BCUT2D eigenvalue weighted by Gasteiger charge is -2.33. The molecule has 1 atom stereocenters. The number of fused-ring (bicyclic) bond motifs is 1. The molecule has 1 amide bonds. The monoisotopic (exact) mass is 397 g/mol. The largest absolute Gasteiger partial charge is 0.465 e. The van der Waals surface area contributed by atoms with Crippen LogP contribution in [0.3, 0.4) is 0 Å². The first kappa shape index (κ1) is 20.1. The highest BCUT2D eigenvalue weighted by molar-refractivity contribution is 6.07. The van der Waals surface area contributed by atoms with Crippen LogP contribution in [0.2, 0.25) is 0 Å². The summed E-state index contributed by atoms with van der Waals surface area (Å²) in [7, 11) is 2.41. The third-order valence-corrected chi connectivity index (χ3v) is 4.66. The van der Waals surface area contributed by atoms with Crippen LogP contribution in [0.15, 0.2) is 42.5 Å². The van der Waals surface area contributed by atoms with Gasteiger partial charge in [-0.3, -0.25) is 4.79 Å². The predicted octanol–water partition coefficient (Wildman–Crippen LogP) is 2.37. The van der Waals surface area contributed by atoms with Crippen molar-refractivity contribution in [3.8, 4) is 0 Å². The summed E-state index contributed by atoms with van der Waals surface area (Å²) in [6, 6.07) is 10.9. The maximum Gasteiger partial charge on any atom is 0.339 e. The number of carbonyl (C=O) groups excluding carboxylic acids is 4. The van der Waals surface area contributed by atoms with E-state index in [2.05, 4.69) is 10.1 Å². The summed E-state index contributed by atoms with van der Waals surface area (Å²) in [5.74, 6) is -2.59. The number of nitrogens with one attached hydrogen (secondary N) is 1. The van der Waals surface area contributed by atoms with Gasteiger partial charge in [0.1, 0.15) is 0 Å². The van der Waals surface area contributed by atoms with Crippen molar-refractivity contribution in [1.82, 2.24) is 0 Å². The van der Waals surface area contributed by atoms with Crippen LogP contribution in [0.5, 0.6) is 0 Å². The maximum atomic E-state index is 13.0. The Hall–Kier alpha value is -3.68. The summed E-state index contributed by atoms with van der Waals surface area (Å²) < 4.78 is 14.8. The molecule has 2 aromatic rings. The van der Waals surface area contributed by atoms with Crippen LogP contribution in [-0.4, -0.2) is 43.6 Å². The quantitative estimate of drug-likeness (QED) is 0.623. The molecule has 150 valence electrons. The fourth-order valence-electron chi connectivity index (χ4n) is 3.09. The predicted molar refractivity (Wildman–Crippen MR) is 102 cm³/mol. The van der Waals surface area contributed by atoms with E-state index in [0.717, 1.165) is 0 Å². The normalized spacial score (nSPS) is 17.6. The van der Waals surface area contributed by atoms with Gasteiger partial charge in [-0.05, 0) is 36.8 Å². The van der Waals surface area contributed by atoms with E-state index in [4.69, 9.17) is 9.47 Å². The highest BCUT2D eigenvalue weighted by Crippen LogP contribution is 2.30. The van der Waals surface area contributed by atoms with Gasteiger partial charge in [0.2, 0.25) is 0 Å². The zero-order valence-corrected chi connectivity index (χ0v) is 16.1. The summed E-state index contributed by atoms with van der Waals surface area (Å²) in [5, 5.41) is 2.58. The molecule has 1 heterocycles. The van der Waals surface area contributed by atoms with Crippen molar-refractivity contribution < 1.29 is 33.4 Å². The average Bonchev–Trinajstić information content (AvgIpc) is 2.72. The van der Waals surface area contributed by atoms with E-state index >= 15 is 0 Å². The van der Waals surface area contributed by atoms with Crippen LogP contribution >= 0.6 is 0 Å². The van der Waals surface area contributed by atoms with Crippen LogP contribution in [-0.2, 0) is 25.4 Å². The van der Waals surface area contributed by atoms with Gasteiger partial charge in [0.15, 0.2) is 5.60 Å². The lowest BCUT2D eigenvalue weighted by atomic mass is 9.89. The van der Waals surface area contributed by atoms with Crippen LogP contribution in [0.4, 0.5) is 5.69 Å². The first-order chi connectivity index (χ1) is 13.8. The van der Waals surface area contributed by atoms with Crippen molar-refractivity contribution in [3.63, 3.8) is 0 Å². The molecule has 0 fully saturated rings. The Kier molecular flexibility index (Phi) is 5.36. The topological polar surface area (TPSA) is 108 Å². The highest BCUT2D eigenvalue weighted by atomic mass is 16.6. The molecule has 8 heteroatoms. The number of cyclic esters (lactones) is 1.